The molecular formula is C14H21F3N2O2. The number of amides is 2. The first kappa shape index (κ1) is 16.1. The highest BCUT2D eigenvalue weighted by Crippen LogP contribution is 2.40. The minimum Gasteiger partial charge on any atom is -0.353 e. The summed E-state index contributed by atoms with van der Waals surface area (Å²) in [7, 11) is 0. The Morgan fingerprint density at radius 2 is 1.48 bits per heavy atom. The Morgan fingerprint density at radius 3 is 1.86 bits per heavy atom. The molecule has 2 amide bonds. The molecule has 0 heterocycles. The average molecular weight is 306 g/mol. The molecule has 2 aliphatic carbocycles. The number of hydrogen-bond acceptors (Lipinski definition) is 2. The third-order valence-electron chi connectivity index (χ3n) is 4.53. The summed E-state index contributed by atoms with van der Waals surface area (Å²) in [5.41, 5.74) is -2.43. The van der Waals surface area contributed by atoms with Crippen LogP contribution in [0.3, 0.4) is 0 Å². The number of hydrogen-bond donors (Lipinski definition) is 2. The number of alkyl halides is 3. The van der Waals surface area contributed by atoms with E-state index in [4.69, 9.17) is 0 Å². The van der Waals surface area contributed by atoms with Crippen LogP contribution in [0, 0.1) is 23.7 Å². The predicted molar refractivity (Wildman–Crippen MR) is 70.2 cm³/mol. The summed E-state index contributed by atoms with van der Waals surface area (Å²) in [6, 6.07) is 0. The first-order valence-electron chi connectivity index (χ1n) is 7.21. The number of halogens is 3. The van der Waals surface area contributed by atoms with Gasteiger partial charge < -0.3 is 10.6 Å². The molecule has 0 aromatic heterocycles. The van der Waals surface area contributed by atoms with Gasteiger partial charge in [-0.3, -0.25) is 9.59 Å². The fraction of sp³-hybridized carbons (Fsp3) is 0.857. The molecule has 2 saturated carbocycles. The van der Waals surface area contributed by atoms with Crippen LogP contribution in [0.5, 0.6) is 0 Å². The molecule has 0 aliphatic heterocycles. The Balaban J connectivity index is 1.96. The maximum Gasteiger partial charge on any atom is 0.412 e. The van der Waals surface area contributed by atoms with Gasteiger partial charge in [0.15, 0.2) is 5.54 Å². The van der Waals surface area contributed by atoms with E-state index in [1.165, 1.54) is 0 Å². The van der Waals surface area contributed by atoms with E-state index in [0.717, 1.165) is 6.92 Å². The molecule has 0 radical (unpaired) electrons. The molecule has 0 aromatic rings. The molecule has 120 valence electrons. The van der Waals surface area contributed by atoms with E-state index in [-0.39, 0.29) is 29.6 Å². The van der Waals surface area contributed by atoms with Crippen LogP contribution in [0.1, 0.15) is 33.6 Å². The second kappa shape index (κ2) is 5.18. The smallest absolute Gasteiger partial charge is 0.353 e. The minimum atomic E-state index is -4.62. The zero-order valence-corrected chi connectivity index (χ0v) is 12.4. The summed E-state index contributed by atoms with van der Waals surface area (Å²) in [4.78, 5) is 23.5. The van der Waals surface area contributed by atoms with Crippen molar-refractivity contribution in [3.05, 3.63) is 0 Å². The van der Waals surface area contributed by atoms with Gasteiger partial charge in [0.05, 0.1) is 0 Å². The molecule has 0 saturated heterocycles. The van der Waals surface area contributed by atoms with Crippen LogP contribution in [0.4, 0.5) is 13.2 Å². The third-order valence-corrected chi connectivity index (χ3v) is 4.53. The number of carbonyl (C=O) groups excluding carboxylic acids is 2. The molecule has 21 heavy (non-hydrogen) atoms. The molecule has 2 rings (SSSR count). The molecular weight excluding hydrogens is 285 g/mol. The van der Waals surface area contributed by atoms with Crippen molar-refractivity contribution in [3.63, 3.8) is 0 Å². The van der Waals surface area contributed by atoms with E-state index in [1.54, 1.807) is 0 Å². The van der Waals surface area contributed by atoms with E-state index in [0.29, 0.717) is 12.8 Å². The molecule has 0 aromatic carbocycles. The van der Waals surface area contributed by atoms with E-state index in [1.807, 2.05) is 13.8 Å². The third kappa shape index (κ3) is 3.49. The maximum absolute atomic E-state index is 13.2. The fourth-order valence-electron chi connectivity index (χ4n) is 2.35. The van der Waals surface area contributed by atoms with Crippen LogP contribution in [0.15, 0.2) is 0 Å². The first-order valence-corrected chi connectivity index (χ1v) is 7.21. The van der Waals surface area contributed by atoms with Crippen molar-refractivity contribution in [3.8, 4) is 0 Å². The lowest BCUT2D eigenvalue weighted by molar-refractivity contribution is -0.192. The first-order chi connectivity index (χ1) is 9.55. The lowest BCUT2D eigenvalue weighted by Crippen LogP contribution is -2.62. The topological polar surface area (TPSA) is 58.2 Å². The van der Waals surface area contributed by atoms with Crippen molar-refractivity contribution in [1.29, 1.82) is 0 Å². The molecule has 2 N–H and O–H groups in total. The van der Waals surface area contributed by atoms with Gasteiger partial charge in [-0.25, -0.2) is 0 Å². The van der Waals surface area contributed by atoms with Crippen molar-refractivity contribution in [2.45, 2.75) is 45.3 Å². The Labute approximate surface area is 121 Å². The van der Waals surface area contributed by atoms with E-state index >= 15 is 0 Å². The molecule has 2 fully saturated rings. The van der Waals surface area contributed by atoms with Crippen LogP contribution in [-0.2, 0) is 9.59 Å². The molecule has 5 atom stereocenters. The lowest BCUT2D eigenvalue weighted by Gasteiger charge is -2.33. The van der Waals surface area contributed by atoms with Crippen LogP contribution in [0.25, 0.3) is 0 Å². The van der Waals surface area contributed by atoms with Crippen molar-refractivity contribution in [2.24, 2.45) is 23.7 Å². The van der Waals surface area contributed by atoms with Gasteiger partial charge in [0.2, 0.25) is 11.8 Å². The van der Waals surface area contributed by atoms with Gasteiger partial charge in [-0.05, 0) is 31.6 Å². The second-order valence-corrected chi connectivity index (χ2v) is 6.68. The van der Waals surface area contributed by atoms with Crippen molar-refractivity contribution >= 4 is 11.8 Å². The SMILES string of the molecule is CC1CC1C(=O)NCC(C)(NC(=O)C1CC1C)C(F)(F)F. The van der Waals surface area contributed by atoms with Gasteiger partial charge in [-0.15, -0.1) is 0 Å². The number of nitrogens with one attached hydrogen (secondary N) is 2. The summed E-state index contributed by atoms with van der Waals surface area (Å²) < 4.78 is 39.7. The molecule has 7 heteroatoms. The van der Waals surface area contributed by atoms with Gasteiger partial charge in [0.1, 0.15) is 0 Å². The van der Waals surface area contributed by atoms with Crippen molar-refractivity contribution < 1.29 is 22.8 Å². The summed E-state index contributed by atoms with van der Waals surface area (Å²) in [5, 5.41) is 4.40. The standard InChI is InChI=1S/C14H21F3N2O2/c1-7-4-9(7)11(20)18-6-13(3,14(15,16)17)19-12(21)10-5-8(10)2/h7-10H,4-6H2,1-3H3,(H,18,20)(H,19,21). The maximum atomic E-state index is 13.2. The molecule has 0 spiro atoms. The van der Waals surface area contributed by atoms with Crippen LogP contribution >= 0.6 is 0 Å². The highest BCUT2D eigenvalue weighted by Gasteiger charge is 2.54. The molecule has 0 bridgehead atoms. The van der Waals surface area contributed by atoms with Crippen molar-refractivity contribution in [1.82, 2.24) is 10.6 Å². The normalized spacial score (nSPS) is 33.8. The Hall–Kier alpha value is -1.27. The van der Waals surface area contributed by atoms with Gasteiger partial charge in [-0.2, -0.15) is 13.2 Å². The quantitative estimate of drug-likeness (QED) is 0.814. The monoisotopic (exact) mass is 306 g/mol. The Kier molecular flexibility index (Phi) is 3.97. The molecule has 5 unspecified atom stereocenters. The van der Waals surface area contributed by atoms with Crippen LogP contribution in [-0.4, -0.2) is 30.1 Å². The van der Waals surface area contributed by atoms with E-state index < -0.39 is 24.2 Å². The Morgan fingerprint density at radius 1 is 1.05 bits per heavy atom. The zero-order valence-electron chi connectivity index (χ0n) is 12.4. The van der Waals surface area contributed by atoms with Crippen molar-refractivity contribution in [2.75, 3.05) is 6.54 Å². The molecule has 4 nitrogen and oxygen atoms in total. The largest absolute Gasteiger partial charge is 0.412 e. The predicted octanol–water partition coefficient (Wildman–Crippen LogP) is 1.85. The summed E-state index contributed by atoms with van der Waals surface area (Å²) in [6.45, 7) is 3.98. The molecule has 2 aliphatic rings. The second-order valence-electron chi connectivity index (χ2n) is 6.68. The van der Waals surface area contributed by atoms with E-state index in [9.17, 15) is 22.8 Å². The minimum absolute atomic E-state index is 0.129. The van der Waals surface area contributed by atoms with Crippen LogP contribution in [0.2, 0.25) is 0 Å². The van der Waals surface area contributed by atoms with Gasteiger partial charge in [-0.1, -0.05) is 13.8 Å². The number of carbonyl (C=O) groups is 2. The van der Waals surface area contributed by atoms with Gasteiger partial charge in [0, 0.05) is 18.4 Å². The van der Waals surface area contributed by atoms with Gasteiger partial charge >= 0.3 is 6.18 Å². The average Bonchev–Trinajstić information content (AvgIpc) is 3.23. The summed E-state index contributed by atoms with van der Waals surface area (Å²) >= 11 is 0. The Bertz CT molecular complexity index is 452. The van der Waals surface area contributed by atoms with Crippen LogP contribution < -0.4 is 10.6 Å². The fourth-order valence-corrected chi connectivity index (χ4v) is 2.35. The number of rotatable bonds is 5. The van der Waals surface area contributed by atoms with E-state index in [2.05, 4.69) is 10.6 Å². The summed E-state index contributed by atoms with van der Waals surface area (Å²) in [5.74, 6) is -1.13. The van der Waals surface area contributed by atoms with Gasteiger partial charge in [0.25, 0.3) is 0 Å². The highest BCUT2D eigenvalue weighted by molar-refractivity contribution is 5.83. The summed E-state index contributed by atoms with van der Waals surface area (Å²) in [6.07, 6.45) is -3.30. The lowest BCUT2D eigenvalue weighted by atomic mass is 10.0. The highest BCUT2D eigenvalue weighted by atomic mass is 19.4. The zero-order chi connectivity index (χ0) is 16.0.